The van der Waals surface area contributed by atoms with Gasteiger partial charge in [-0.2, -0.15) is 0 Å². The van der Waals surface area contributed by atoms with Gasteiger partial charge in [-0.1, -0.05) is 0 Å². The fraction of sp³-hybridized carbons (Fsp3) is 0.429. The van der Waals surface area contributed by atoms with Crippen LogP contribution >= 0.6 is 0 Å². The van der Waals surface area contributed by atoms with Gasteiger partial charge in [-0.25, -0.2) is 9.59 Å². The van der Waals surface area contributed by atoms with Gasteiger partial charge in [-0.3, -0.25) is 0 Å². The fourth-order valence-electron chi connectivity index (χ4n) is 2.22. The molecule has 7 nitrogen and oxygen atoms in total. The van der Waals surface area contributed by atoms with E-state index in [0.717, 1.165) is 6.42 Å². The predicted molar refractivity (Wildman–Crippen MR) is 75.6 cm³/mol. The van der Waals surface area contributed by atoms with Crippen molar-refractivity contribution in [3.63, 3.8) is 0 Å². The van der Waals surface area contributed by atoms with Gasteiger partial charge < -0.3 is 25.6 Å². The second-order valence-corrected chi connectivity index (χ2v) is 5.05. The van der Waals surface area contributed by atoms with E-state index in [1.54, 1.807) is 0 Å². The molecular weight excluding hydrogens is 276 g/mol. The third-order valence-electron chi connectivity index (χ3n) is 3.52. The summed E-state index contributed by atoms with van der Waals surface area (Å²) in [6.45, 7) is 3.24. The van der Waals surface area contributed by atoms with E-state index in [9.17, 15) is 14.7 Å². The van der Waals surface area contributed by atoms with Gasteiger partial charge in [0.05, 0.1) is 6.61 Å². The second kappa shape index (κ2) is 6.45. The van der Waals surface area contributed by atoms with Crippen molar-refractivity contribution in [2.24, 2.45) is 5.92 Å². The summed E-state index contributed by atoms with van der Waals surface area (Å²) in [6, 6.07) is 3.42. The molecule has 1 saturated heterocycles. The molecule has 1 heterocycles. The molecule has 4 N–H and O–H groups in total. The molecule has 0 radical (unpaired) electrons. The van der Waals surface area contributed by atoms with Gasteiger partial charge in [-0.05, 0) is 31.5 Å². The van der Waals surface area contributed by atoms with E-state index in [-0.39, 0.29) is 23.3 Å². The average molecular weight is 294 g/mol. The number of carbonyl (C=O) groups excluding carboxylic acids is 1. The lowest BCUT2D eigenvalue weighted by Crippen LogP contribution is -2.40. The Kier molecular flexibility index (Phi) is 4.64. The molecule has 1 aromatic rings. The number of rotatable bonds is 4. The number of benzene rings is 1. The van der Waals surface area contributed by atoms with Gasteiger partial charge in [0.15, 0.2) is 0 Å². The number of phenols is 1. The topological polar surface area (TPSA) is 108 Å². The molecule has 21 heavy (non-hydrogen) atoms. The molecule has 2 rings (SSSR count). The van der Waals surface area contributed by atoms with E-state index in [0.29, 0.717) is 18.9 Å². The second-order valence-electron chi connectivity index (χ2n) is 5.05. The number of hydrogen-bond donors (Lipinski definition) is 4. The molecule has 0 aliphatic carbocycles. The van der Waals surface area contributed by atoms with E-state index in [2.05, 4.69) is 10.6 Å². The zero-order valence-corrected chi connectivity index (χ0v) is 11.6. The first-order chi connectivity index (χ1) is 9.97. The minimum atomic E-state index is -1.26. The first kappa shape index (κ1) is 15.1. The van der Waals surface area contributed by atoms with Crippen LogP contribution in [0.25, 0.3) is 0 Å². The highest BCUT2D eigenvalue weighted by Crippen LogP contribution is 2.21. The van der Waals surface area contributed by atoms with E-state index < -0.39 is 12.0 Å². The first-order valence-corrected chi connectivity index (χ1v) is 6.69. The molecule has 0 bridgehead atoms. The summed E-state index contributed by atoms with van der Waals surface area (Å²) in [6.07, 6.45) is 0.907. The lowest BCUT2D eigenvalue weighted by molar-refractivity contribution is 0.0693. The lowest BCUT2D eigenvalue weighted by Gasteiger charge is -2.19. The van der Waals surface area contributed by atoms with Crippen molar-refractivity contribution in [1.82, 2.24) is 5.32 Å². The predicted octanol–water partition coefficient (Wildman–Crippen LogP) is 1.64. The quantitative estimate of drug-likeness (QED) is 0.631. The summed E-state index contributed by atoms with van der Waals surface area (Å²) >= 11 is 0. The van der Waals surface area contributed by atoms with Crippen molar-refractivity contribution in [3.8, 4) is 5.75 Å². The van der Waals surface area contributed by atoms with Crippen LogP contribution in [0.5, 0.6) is 5.75 Å². The molecule has 1 aliphatic heterocycles. The van der Waals surface area contributed by atoms with Crippen LogP contribution in [0.15, 0.2) is 18.2 Å². The Morgan fingerprint density at radius 3 is 2.81 bits per heavy atom. The standard InChI is InChI=1S/C14H18N2O5/c1-8(9-4-5-21-7-9)15-14(20)16-10-2-3-12(17)11(6-10)13(18)19/h2-3,6,8-9,17H,4-5,7H2,1H3,(H,18,19)(H2,15,16,20). The Morgan fingerprint density at radius 2 is 2.19 bits per heavy atom. The average Bonchev–Trinajstić information content (AvgIpc) is 2.94. The van der Waals surface area contributed by atoms with E-state index in [1.165, 1.54) is 18.2 Å². The van der Waals surface area contributed by atoms with Gasteiger partial charge in [0, 0.05) is 24.3 Å². The van der Waals surface area contributed by atoms with Crippen LogP contribution in [-0.2, 0) is 4.74 Å². The van der Waals surface area contributed by atoms with Crippen molar-refractivity contribution in [2.75, 3.05) is 18.5 Å². The molecule has 0 spiro atoms. The number of anilines is 1. The maximum absolute atomic E-state index is 11.9. The Labute approximate surface area is 121 Å². The number of ether oxygens (including phenoxy) is 1. The third-order valence-corrected chi connectivity index (χ3v) is 3.52. The van der Waals surface area contributed by atoms with Crippen molar-refractivity contribution in [3.05, 3.63) is 23.8 Å². The number of carbonyl (C=O) groups is 2. The molecule has 1 aliphatic rings. The molecule has 2 amide bonds. The van der Waals surface area contributed by atoms with Crippen molar-refractivity contribution >= 4 is 17.7 Å². The van der Waals surface area contributed by atoms with Crippen LogP contribution in [0.3, 0.4) is 0 Å². The summed E-state index contributed by atoms with van der Waals surface area (Å²) in [5.41, 5.74) is 0.0441. The smallest absolute Gasteiger partial charge is 0.339 e. The highest BCUT2D eigenvalue weighted by Gasteiger charge is 2.23. The molecule has 2 unspecified atom stereocenters. The number of carboxylic acids is 1. The van der Waals surface area contributed by atoms with Gasteiger partial charge in [0.2, 0.25) is 0 Å². The Hall–Kier alpha value is -2.28. The summed E-state index contributed by atoms with van der Waals surface area (Å²) < 4.78 is 5.27. The summed E-state index contributed by atoms with van der Waals surface area (Å²) in [5.74, 6) is -1.32. The molecule has 0 aromatic heterocycles. The van der Waals surface area contributed by atoms with Crippen LogP contribution in [0.4, 0.5) is 10.5 Å². The summed E-state index contributed by atoms with van der Waals surface area (Å²) in [7, 11) is 0. The molecular formula is C14H18N2O5. The number of amides is 2. The molecule has 7 heteroatoms. The summed E-state index contributed by atoms with van der Waals surface area (Å²) in [5, 5.41) is 23.7. The Balaban J connectivity index is 1.96. The molecule has 1 aromatic carbocycles. The normalized spacial score (nSPS) is 19.0. The molecule has 2 atom stereocenters. The number of carboxylic acid groups (broad SMARTS) is 1. The number of nitrogens with one attached hydrogen (secondary N) is 2. The number of aromatic hydroxyl groups is 1. The van der Waals surface area contributed by atoms with Crippen LogP contribution in [0, 0.1) is 5.92 Å². The van der Waals surface area contributed by atoms with E-state index >= 15 is 0 Å². The highest BCUT2D eigenvalue weighted by molar-refractivity contribution is 5.95. The first-order valence-electron chi connectivity index (χ1n) is 6.69. The van der Waals surface area contributed by atoms with Crippen LogP contribution in [-0.4, -0.2) is 41.5 Å². The zero-order chi connectivity index (χ0) is 15.4. The molecule has 0 saturated carbocycles. The largest absolute Gasteiger partial charge is 0.507 e. The zero-order valence-electron chi connectivity index (χ0n) is 11.6. The highest BCUT2D eigenvalue weighted by atomic mass is 16.5. The van der Waals surface area contributed by atoms with Crippen molar-refractivity contribution < 1.29 is 24.5 Å². The van der Waals surface area contributed by atoms with Crippen molar-refractivity contribution in [1.29, 1.82) is 0 Å². The fourth-order valence-corrected chi connectivity index (χ4v) is 2.22. The number of hydrogen-bond acceptors (Lipinski definition) is 4. The van der Waals surface area contributed by atoms with Gasteiger partial charge >= 0.3 is 12.0 Å². The number of urea groups is 1. The molecule has 114 valence electrons. The Morgan fingerprint density at radius 1 is 1.43 bits per heavy atom. The maximum Gasteiger partial charge on any atom is 0.339 e. The monoisotopic (exact) mass is 294 g/mol. The molecule has 1 fully saturated rings. The summed E-state index contributed by atoms with van der Waals surface area (Å²) in [4.78, 5) is 22.8. The van der Waals surface area contributed by atoms with E-state index in [1.807, 2.05) is 6.92 Å². The van der Waals surface area contributed by atoms with Crippen LogP contribution < -0.4 is 10.6 Å². The van der Waals surface area contributed by atoms with Crippen LogP contribution in [0.1, 0.15) is 23.7 Å². The third kappa shape index (κ3) is 3.85. The minimum Gasteiger partial charge on any atom is -0.507 e. The minimum absolute atomic E-state index is 0.0384. The van der Waals surface area contributed by atoms with Crippen LogP contribution in [0.2, 0.25) is 0 Å². The maximum atomic E-state index is 11.9. The Bertz CT molecular complexity index is 540. The van der Waals surface area contributed by atoms with E-state index in [4.69, 9.17) is 9.84 Å². The SMILES string of the molecule is CC(NC(=O)Nc1ccc(O)c(C(=O)O)c1)C1CCOC1. The number of aromatic carboxylic acids is 1. The van der Waals surface area contributed by atoms with Crippen molar-refractivity contribution in [2.45, 2.75) is 19.4 Å². The lowest BCUT2D eigenvalue weighted by atomic mass is 10.0. The van der Waals surface area contributed by atoms with Gasteiger partial charge in [-0.15, -0.1) is 0 Å². The van der Waals surface area contributed by atoms with Gasteiger partial charge in [0.25, 0.3) is 0 Å². The van der Waals surface area contributed by atoms with Gasteiger partial charge in [0.1, 0.15) is 11.3 Å².